The first-order valence-electron chi connectivity index (χ1n) is 11.4. The highest BCUT2D eigenvalue weighted by atomic mass is 79.9. The first-order valence-corrected chi connectivity index (χ1v) is 12.6. The lowest BCUT2D eigenvalue weighted by atomic mass is 9.96. The van der Waals surface area contributed by atoms with Crippen molar-refractivity contribution in [3.05, 3.63) is 100 Å². The van der Waals surface area contributed by atoms with E-state index >= 15 is 0 Å². The number of pyridine rings is 1. The molecule has 0 amide bonds. The minimum atomic E-state index is -0.120. The third-order valence-corrected chi connectivity index (χ3v) is 7.40. The fourth-order valence-electron chi connectivity index (χ4n) is 5.08. The van der Waals surface area contributed by atoms with Crippen LogP contribution in [-0.2, 0) is 0 Å². The van der Waals surface area contributed by atoms with Gasteiger partial charge in [0.05, 0.1) is 17.8 Å². The van der Waals surface area contributed by atoms with Gasteiger partial charge in [-0.25, -0.2) is 0 Å². The van der Waals surface area contributed by atoms with Crippen LogP contribution in [0.5, 0.6) is 11.5 Å². The van der Waals surface area contributed by atoms with E-state index in [4.69, 9.17) is 21.7 Å². The molecule has 0 saturated carbocycles. The Kier molecular flexibility index (Phi) is 5.50. The van der Waals surface area contributed by atoms with Gasteiger partial charge in [0.2, 0.25) is 6.79 Å². The molecule has 1 fully saturated rings. The van der Waals surface area contributed by atoms with Gasteiger partial charge >= 0.3 is 0 Å². The summed E-state index contributed by atoms with van der Waals surface area (Å²) in [7, 11) is 0. The average molecular weight is 547 g/mol. The van der Waals surface area contributed by atoms with Crippen LogP contribution in [0.2, 0.25) is 0 Å². The van der Waals surface area contributed by atoms with Crippen molar-refractivity contribution in [1.82, 2.24) is 14.9 Å². The molecule has 35 heavy (non-hydrogen) atoms. The normalized spacial score (nSPS) is 18.7. The van der Waals surface area contributed by atoms with E-state index in [0.29, 0.717) is 5.11 Å². The number of hydrogen-bond acceptors (Lipinski definition) is 4. The number of aryl methyl sites for hydroxylation is 1. The monoisotopic (exact) mass is 546 g/mol. The molecule has 2 aromatic heterocycles. The second-order valence-electron chi connectivity index (χ2n) is 8.68. The molecule has 1 N–H and O–H groups in total. The van der Waals surface area contributed by atoms with E-state index in [1.807, 2.05) is 48.7 Å². The largest absolute Gasteiger partial charge is 0.454 e. The maximum Gasteiger partial charge on any atom is 0.231 e. The molecular weight excluding hydrogens is 524 g/mol. The summed E-state index contributed by atoms with van der Waals surface area (Å²) in [5.41, 5.74) is 6.49. The highest BCUT2D eigenvalue weighted by Gasteiger charge is 2.42. The highest BCUT2D eigenvalue weighted by molar-refractivity contribution is 9.10. The zero-order valence-corrected chi connectivity index (χ0v) is 21.6. The topological polar surface area (TPSA) is 51.6 Å². The Balaban J connectivity index is 1.51. The molecule has 0 bridgehead atoms. The van der Waals surface area contributed by atoms with Crippen LogP contribution in [0.4, 0.5) is 5.69 Å². The van der Waals surface area contributed by atoms with Crippen LogP contribution in [0, 0.1) is 13.8 Å². The summed E-state index contributed by atoms with van der Waals surface area (Å²) in [6, 6.07) is 22.3. The third-order valence-electron chi connectivity index (χ3n) is 6.59. The van der Waals surface area contributed by atoms with Gasteiger partial charge in [-0.2, -0.15) is 0 Å². The van der Waals surface area contributed by atoms with Gasteiger partial charge in [0.1, 0.15) is 0 Å². The van der Waals surface area contributed by atoms with Crippen molar-refractivity contribution in [1.29, 1.82) is 0 Å². The zero-order chi connectivity index (χ0) is 24.1. The Morgan fingerprint density at radius 2 is 1.83 bits per heavy atom. The van der Waals surface area contributed by atoms with Crippen molar-refractivity contribution in [3.8, 4) is 17.2 Å². The number of nitrogens with zero attached hydrogens (tertiary/aromatic N) is 3. The number of thiocarbonyl (C=S) groups is 1. The lowest BCUT2D eigenvalue weighted by molar-refractivity contribution is 0.174. The van der Waals surface area contributed by atoms with Crippen molar-refractivity contribution in [2.45, 2.75) is 25.9 Å². The third kappa shape index (κ3) is 3.77. The summed E-state index contributed by atoms with van der Waals surface area (Å²) in [6.07, 6.45) is 1.82. The Morgan fingerprint density at radius 1 is 0.971 bits per heavy atom. The van der Waals surface area contributed by atoms with Crippen LogP contribution >= 0.6 is 28.1 Å². The Labute approximate surface area is 217 Å². The average Bonchev–Trinajstić information content (AvgIpc) is 3.54. The number of halogens is 1. The Bertz CT molecular complexity index is 1440. The number of aromatic nitrogens is 2. The second kappa shape index (κ2) is 8.70. The van der Waals surface area contributed by atoms with Gasteiger partial charge in [0.25, 0.3) is 0 Å². The van der Waals surface area contributed by atoms with Crippen LogP contribution in [0.1, 0.15) is 34.7 Å². The smallest absolute Gasteiger partial charge is 0.231 e. The fraction of sp³-hybridized carbons (Fsp3) is 0.185. The lowest BCUT2D eigenvalue weighted by Crippen LogP contribution is -2.29. The summed E-state index contributed by atoms with van der Waals surface area (Å²) in [6.45, 7) is 4.53. The molecule has 6 nitrogen and oxygen atoms in total. The van der Waals surface area contributed by atoms with Gasteiger partial charge in [-0.1, -0.05) is 28.1 Å². The SMILES string of the molecule is Cc1cc(C2C(c3ccccn3)NC(=S)N2c2ccc3c(c2)OCO3)c(C)n1-c1cccc(Br)c1. The van der Waals surface area contributed by atoms with E-state index in [0.717, 1.165) is 44.4 Å². The van der Waals surface area contributed by atoms with Crippen molar-refractivity contribution >= 4 is 38.9 Å². The predicted molar refractivity (Wildman–Crippen MR) is 143 cm³/mol. The molecule has 6 rings (SSSR count). The van der Waals surface area contributed by atoms with Crippen molar-refractivity contribution < 1.29 is 9.47 Å². The molecule has 1 saturated heterocycles. The number of hydrogen-bond donors (Lipinski definition) is 1. The van der Waals surface area contributed by atoms with Crippen molar-refractivity contribution in [2.24, 2.45) is 0 Å². The second-order valence-corrected chi connectivity index (χ2v) is 9.98. The van der Waals surface area contributed by atoms with E-state index < -0.39 is 0 Å². The molecule has 2 aliphatic heterocycles. The van der Waals surface area contributed by atoms with Gasteiger partial charge in [-0.15, -0.1) is 0 Å². The maximum absolute atomic E-state index is 5.90. The molecule has 2 atom stereocenters. The zero-order valence-electron chi connectivity index (χ0n) is 19.2. The number of rotatable bonds is 4. The molecule has 2 aliphatic rings. The van der Waals surface area contributed by atoms with Gasteiger partial charge in [-0.3, -0.25) is 4.98 Å². The molecule has 2 aromatic carbocycles. The van der Waals surface area contributed by atoms with Gasteiger partial charge in [-0.05, 0) is 80.2 Å². The maximum atomic E-state index is 5.90. The summed E-state index contributed by atoms with van der Waals surface area (Å²) < 4.78 is 14.5. The van der Waals surface area contributed by atoms with E-state index in [-0.39, 0.29) is 18.9 Å². The van der Waals surface area contributed by atoms with E-state index in [1.165, 1.54) is 5.56 Å². The molecule has 8 heteroatoms. The minimum Gasteiger partial charge on any atom is -0.454 e. The molecular formula is C27H23BrN4O2S. The molecule has 0 spiro atoms. The van der Waals surface area contributed by atoms with Crippen LogP contribution < -0.4 is 19.7 Å². The first kappa shape index (κ1) is 22.1. The fourth-order valence-corrected chi connectivity index (χ4v) is 5.82. The van der Waals surface area contributed by atoms with E-state index in [2.05, 4.69) is 73.8 Å². The number of ether oxygens (including phenoxy) is 2. The molecule has 0 aliphatic carbocycles. The van der Waals surface area contributed by atoms with Crippen LogP contribution in [-0.4, -0.2) is 21.5 Å². The molecule has 4 heterocycles. The van der Waals surface area contributed by atoms with Crippen LogP contribution in [0.25, 0.3) is 5.69 Å². The van der Waals surface area contributed by atoms with Crippen molar-refractivity contribution in [2.75, 3.05) is 11.7 Å². The number of fused-ring (bicyclic) bond motifs is 1. The van der Waals surface area contributed by atoms with E-state index in [1.54, 1.807) is 0 Å². The Morgan fingerprint density at radius 3 is 2.63 bits per heavy atom. The van der Waals surface area contributed by atoms with Gasteiger partial charge in [0.15, 0.2) is 16.6 Å². The minimum absolute atomic E-state index is 0.107. The summed E-state index contributed by atoms with van der Waals surface area (Å²) in [4.78, 5) is 6.85. The number of nitrogens with one attached hydrogen (secondary N) is 1. The van der Waals surface area contributed by atoms with Crippen molar-refractivity contribution in [3.63, 3.8) is 0 Å². The Hall–Kier alpha value is -3.36. The molecule has 176 valence electrons. The molecule has 0 radical (unpaired) electrons. The lowest BCUT2D eigenvalue weighted by Gasteiger charge is -2.28. The van der Waals surface area contributed by atoms with Gasteiger partial charge in [0, 0.05) is 39.5 Å². The predicted octanol–water partition coefficient (Wildman–Crippen LogP) is 6.16. The van der Waals surface area contributed by atoms with Crippen LogP contribution in [0.15, 0.2) is 77.4 Å². The summed E-state index contributed by atoms with van der Waals surface area (Å²) in [5, 5.41) is 4.20. The summed E-state index contributed by atoms with van der Waals surface area (Å²) in [5.74, 6) is 1.47. The van der Waals surface area contributed by atoms with E-state index in [9.17, 15) is 0 Å². The number of benzene rings is 2. The highest BCUT2D eigenvalue weighted by Crippen LogP contribution is 2.46. The molecule has 4 aromatic rings. The molecule has 2 unspecified atom stereocenters. The number of anilines is 1. The van der Waals surface area contributed by atoms with Gasteiger partial charge < -0.3 is 24.3 Å². The van der Waals surface area contributed by atoms with Crippen LogP contribution in [0.3, 0.4) is 0 Å². The standard InChI is InChI=1S/C27H23BrN4O2S/c1-16-12-21(17(2)31(16)19-7-5-6-18(28)13-19)26-25(22-8-3-4-11-29-22)30-27(35)32(26)20-9-10-23-24(14-20)34-15-33-23/h3-14,25-26H,15H2,1-2H3,(H,30,35). The first-order chi connectivity index (χ1) is 17.0. The quantitative estimate of drug-likeness (QED) is 0.309. The summed E-state index contributed by atoms with van der Waals surface area (Å²) >= 11 is 9.52.